The van der Waals surface area contributed by atoms with Crippen LogP contribution in [-0.4, -0.2) is 34.1 Å². The van der Waals surface area contributed by atoms with Crippen molar-refractivity contribution in [2.75, 3.05) is 25.7 Å². The number of ether oxygens (including phenoxy) is 1. The first-order chi connectivity index (χ1) is 9.01. The molecule has 1 N–H and O–H groups in total. The van der Waals surface area contributed by atoms with Crippen molar-refractivity contribution in [3.63, 3.8) is 0 Å². The van der Waals surface area contributed by atoms with Crippen molar-refractivity contribution >= 4 is 9.84 Å². The van der Waals surface area contributed by atoms with E-state index in [4.69, 9.17) is 4.74 Å². The molecule has 4 nitrogen and oxygen atoms in total. The lowest BCUT2D eigenvalue weighted by atomic mass is 9.87. The molecule has 0 amide bonds. The molecule has 1 aromatic carbocycles. The Morgan fingerprint density at radius 3 is 2.89 bits per heavy atom. The zero-order chi connectivity index (χ0) is 13.9. The molecule has 0 aromatic heterocycles. The van der Waals surface area contributed by atoms with E-state index in [9.17, 15) is 8.42 Å². The molecule has 5 heteroatoms. The van der Waals surface area contributed by atoms with Gasteiger partial charge in [0.25, 0.3) is 0 Å². The molecule has 1 aliphatic carbocycles. The molecule has 0 saturated heterocycles. The molecule has 0 heterocycles. The van der Waals surface area contributed by atoms with Crippen LogP contribution in [0.3, 0.4) is 0 Å². The minimum atomic E-state index is -2.97. The SMILES string of the molecule is CNC1CCCc2c(OCCS(C)(=O)=O)cccc21. The van der Waals surface area contributed by atoms with E-state index in [1.54, 1.807) is 0 Å². The number of fused-ring (bicyclic) bond motifs is 1. The molecule has 2 rings (SSSR count). The third-order valence-corrected chi connectivity index (χ3v) is 4.43. The van der Waals surface area contributed by atoms with Gasteiger partial charge in [0.05, 0.1) is 5.75 Å². The summed E-state index contributed by atoms with van der Waals surface area (Å²) in [7, 11) is -0.999. The summed E-state index contributed by atoms with van der Waals surface area (Å²) in [4.78, 5) is 0. The molecule has 0 spiro atoms. The minimum Gasteiger partial charge on any atom is -0.492 e. The normalized spacial score (nSPS) is 18.9. The maximum atomic E-state index is 11.1. The standard InChI is InChI=1S/C14H21NO3S/c1-15-13-7-3-6-12-11(13)5-4-8-14(12)18-9-10-19(2,16)17/h4-5,8,13,15H,3,6-7,9-10H2,1-2H3. The molecule has 0 aliphatic heterocycles. The third kappa shape index (κ3) is 3.70. The largest absolute Gasteiger partial charge is 0.492 e. The van der Waals surface area contributed by atoms with Crippen LogP contribution in [0.4, 0.5) is 0 Å². The lowest BCUT2D eigenvalue weighted by Crippen LogP contribution is -2.22. The lowest BCUT2D eigenvalue weighted by Gasteiger charge is -2.26. The van der Waals surface area contributed by atoms with E-state index in [0.717, 1.165) is 25.0 Å². The summed E-state index contributed by atoms with van der Waals surface area (Å²) in [6, 6.07) is 6.41. The second-order valence-electron chi connectivity index (χ2n) is 5.04. The van der Waals surface area contributed by atoms with Crippen molar-refractivity contribution < 1.29 is 13.2 Å². The van der Waals surface area contributed by atoms with Crippen LogP contribution in [0, 0.1) is 0 Å². The van der Waals surface area contributed by atoms with E-state index >= 15 is 0 Å². The topological polar surface area (TPSA) is 55.4 Å². The maximum Gasteiger partial charge on any atom is 0.150 e. The van der Waals surface area contributed by atoms with E-state index in [1.807, 2.05) is 19.2 Å². The van der Waals surface area contributed by atoms with E-state index < -0.39 is 9.84 Å². The van der Waals surface area contributed by atoms with E-state index in [0.29, 0.717) is 6.04 Å². The Kier molecular flexibility index (Phi) is 4.47. The Morgan fingerprint density at radius 1 is 1.42 bits per heavy atom. The van der Waals surface area contributed by atoms with Crippen LogP contribution in [-0.2, 0) is 16.3 Å². The summed E-state index contributed by atoms with van der Waals surface area (Å²) in [5, 5.41) is 3.32. The molecule has 0 saturated carbocycles. The fourth-order valence-corrected chi connectivity index (χ4v) is 2.94. The zero-order valence-electron chi connectivity index (χ0n) is 11.5. The van der Waals surface area contributed by atoms with Crippen LogP contribution >= 0.6 is 0 Å². The van der Waals surface area contributed by atoms with Crippen LogP contribution in [0.1, 0.15) is 30.0 Å². The van der Waals surface area contributed by atoms with E-state index in [1.165, 1.54) is 17.4 Å². The smallest absolute Gasteiger partial charge is 0.150 e. The molecule has 1 aromatic rings. The van der Waals surface area contributed by atoms with E-state index in [-0.39, 0.29) is 12.4 Å². The highest BCUT2D eigenvalue weighted by Crippen LogP contribution is 2.35. The first-order valence-corrected chi connectivity index (χ1v) is 8.67. The third-order valence-electron chi connectivity index (χ3n) is 3.52. The summed E-state index contributed by atoms with van der Waals surface area (Å²) in [5.41, 5.74) is 2.51. The molecule has 0 fully saturated rings. The van der Waals surface area contributed by atoms with Gasteiger partial charge in [-0.25, -0.2) is 8.42 Å². The Hall–Kier alpha value is -1.07. The molecule has 19 heavy (non-hydrogen) atoms. The zero-order valence-corrected chi connectivity index (χ0v) is 12.3. The number of nitrogens with one attached hydrogen (secondary N) is 1. The van der Waals surface area contributed by atoms with Gasteiger partial charge >= 0.3 is 0 Å². The van der Waals surface area contributed by atoms with Crippen molar-refractivity contribution in [2.24, 2.45) is 0 Å². The van der Waals surface area contributed by atoms with Gasteiger partial charge in [0.2, 0.25) is 0 Å². The van der Waals surface area contributed by atoms with E-state index in [2.05, 4.69) is 11.4 Å². The van der Waals surface area contributed by atoms with Crippen molar-refractivity contribution in [3.8, 4) is 5.75 Å². The molecule has 1 atom stereocenters. The predicted octanol–water partition coefficient (Wildman–Crippen LogP) is 1.71. The molecule has 0 radical (unpaired) electrons. The first kappa shape index (κ1) is 14.3. The first-order valence-electron chi connectivity index (χ1n) is 6.61. The second-order valence-corrected chi connectivity index (χ2v) is 7.30. The summed E-state index contributed by atoms with van der Waals surface area (Å²) in [6.45, 7) is 0.222. The molecular formula is C14H21NO3S. The number of sulfone groups is 1. The highest BCUT2D eigenvalue weighted by molar-refractivity contribution is 7.90. The Bertz CT molecular complexity index is 540. The molecular weight excluding hydrogens is 262 g/mol. The van der Waals surface area contributed by atoms with Gasteiger partial charge in [0.15, 0.2) is 9.84 Å². The van der Waals surface area contributed by atoms with Gasteiger partial charge in [-0.3, -0.25) is 0 Å². The van der Waals surface area contributed by atoms with Crippen LogP contribution in [0.2, 0.25) is 0 Å². The van der Waals surface area contributed by atoms with Gasteiger partial charge in [-0.2, -0.15) is 0 Å². The fraction of sp³-hybridized carbons (Fsp3) is 0.571. The second kappa shape index (κ2) is 5.92. The van der Waals surface area contributed by atoms with Crippen LogP contribution in [0.5, 0.6) is 5.75 Å². The highest BCUT2D eigenvalue weighted by Gasteiger charge is 2.21. The van der Waals surface area contributed by atoms with Gasteiger partial charge in [-0.05, 0) is 43.5 Å². The number of hydrogen-bond donors (Lipinski definition) is 1. The number of rotatable bonds is 5. The van der Waals surface area contributed by atoms with Gasteiger partial charge < -0.3 is 10.1 Å². The molecule has 1 unspecified atom stereocenters. The van der Waals surface area contributed by atoms with Crippen LogP contribution in [0.25, 0.3) is 0 Å². The summed E-state index contributed by atoms with van der Waals surface area (Å²) in [5.74, 6) is 0.896. The lowest BCUT2D eigenvalue weighted by molar-refractivity contribution is 0.333. The predicted molar refractivity (Wildman–Crippen MR) is 76.4 cm³/mol. The van der Waals surface area contributed by atoms with Crippen molar-refractivity contribution in [1.82, 2.24) is 5.32 Å². The quantitative estimate of drug-likeness (QED) is 0.894. The summed E-state index contributed by atoms with van der Waals surface area (Å²) < 4.78 is 27.9. The Morgan fingerprint density at radius 2 is 2.21 bits per heavy atom. The number of hydrogen-bond acceptors (Lipinski definition) is 4. The average Bonchev–Trinajstić information content (AvgIpc) is 2.37. The van der Waals surface area contributed by atoms with Gasteiger partial charge in [-0.15, -0.1) is 0 Å². The maximum absolute atomic E-state index is 11.1. The summed E-state index contributed by atoms with van der Waals surface area (Å²) >= 11 is 0. The van der Waals surface area contributed by atoms with Crippen LogP contribution in [0.15, 0.2) is 18.2 Å². The minimum absolute atomic E-state index is 0.0616. The molecule has 1 aliphatic rings. The molecule has 106 valence electrons. The Balaban J connectivity index is 2.14. The van der Waals surface area contributed by atoms with Crippen LogP contribution < -0.4 is 10.1 Å². The van der Waals surface area contributed by atoms with Gasteiger partial charge in [0, 0.05) is 12.3 Å². The summed E-state index contributed by atoms with van der Waals surface area (Å²) in [6.07, 6.45) is 4.50. The average molecular weight is 283 g/mol. The monoisotopic (exact) mass is 283 g/mol. The van der Waals surface area contributed by atoms with Gasteiger partial charge in [0.1, 0.15) is 12.4 Å². The van der Waals surface area contributed by atoms with Crippen molar-refractivity contribution in [1.29, 1.82) is 0 Å². The van der Waals surface area contributed by atoms with Crippen molar-refractivity contribution in [2.45, 2.75) is 25.3 Å². The number of benzene rings is 1. The molecule has 0 bridgehead atoms. The Labute approximate surface area is 115 Å². The fourth-order valence-electron chi connectivity index (χ4n) is 2.55. The van der Waals surface area contributed by atoms with Crippen molar-refractivity contribution in [3.05, 3.63) is 29.3 Å². The van der Waals surface area contributed by atoms with Gasteiger partial charge in [-0.1, -0.05) is 12.1 Å². The highest BCUT2D eigenvalue weighted by atomic mass is 32.2.